The summed E-state index contributed by atoms with van der Waals surface area (Å²) in [5.41, 5.74) is -0.808. The summed E-state index contributed by atoms with van der Waals surface area (Å²) in [7, 11) is 0. The molecule has 1 aromatic rings. The van der Waals surface area contributed by atoms with Crippen LogP contribution in [0.25, 0.3) is 0 Å². The molecule has 104 valence electrons. The lowest BCUT2D eigenvalue weighted by molar-refractivity contribution is -0.147. The number of carboxylic acids is 1. The maximum Gasteiger partial charge on any atom is 0.329 e. The Balaban J connectivity index is 3.19. The van der Waals surface area contributed by atoms with Crippen molar-refractivity contribution in [1.82, 2.24) is 4.90 Å². The quantitative estimate of drug-likeness (QED) is 0.852. The SMILES string of the molecule is CCN(C(=O)c1ccc(Br)cc1Br)C(C)(C)C(=O)O. The number of carboxylic acid groups (broad SMARTS) is 1. The van der Waals surface area contributed by atoms with Crippen LogP contribution < -0.4 is 0 Å². The fourth-order valence-electron chi connectivity index (χ4n) is 1.72. The van der Waals surface area contributed by atoms with Crippen molar-refractivity contribution in [2.75, 3.05) is 6.54 Å². The molecule has 0 saturated carbocycles. The summed E-state index contributed by atoms with van der Waals surface area (Å²) >= 11 is 6.64. The number of nitrogens with zero attached hydrogens (tertiary/aromatic N) is 1. The van der Waals surface area contributed by atoms with Gasteiger partial charge in [-0.2, -0.15) is 0 Å². The molecule has 0 spiro atoms. The first kappa shape index (κ1) is 16.2. The molecule has 0 unspecified atom stereocenters. The van der Waals surface area contributed by atoms with E-state index in [2.05, 4.69) is 31.9 Å². The number of hydrogen-bond acceptors (Lipinski definition) is 2. The average molecular weight is 393 g/mol. The zero-order valence-corrected chi connectivity index (χ0v) is 14.1. The Morgan fingerprint density at radius 1 is 1.32 bits per heavy atom. The summed E-state index contributed by atoms with van der Waals surface area (Å²) in [6.45, 7) is 5.11. The first-order chi connectivity index (χ1) is 8.71. The van der Waals surface area contributed by atoms with Gasteiger partial charge in [0.25, 0.3) is 5.91 Å². The number of carbonyl (C=O) groups excluding carboxylic acids is 1. The molecule has 19 heavy (non-hydrogen) atoms. The third-order valence-electron chi connectivity index (χ3n) is 2.92. The lowest BCUT2D eigenvalue weighted by atomic mass is 10.0. The molecule has 1 aromatic carbocycles. The van der Waals surface area contributed by atoms with E-state index < -0.39 is 11.5 Å². The number of rotatable bonds is 4. The van der Waals surface area contributed by atoms with Gasteiger partial charge in [0.2, 0.25) is 0 Å². The highest BCUT2D eigenvalue weighted by molar-refractivity contribution is 9.11. The van der Waals surface area contributed by atoms with Crippen LogP contribution in [0.3, 0.4) is 0 Å². The molecule has 0 fully saturated rings. The third kappa shape index (κ3) is 3.36. The zero-order valence-electron chi connectivity index (χ0n) is 10.9. The molecule has 1 rings (SSSR count). The number of hydrogen-bond donors (Lipinski definition) is 1. The molecule has 0 aromatic heterocycles. The Morgan fingerprint density at radius 3 is 2.32 bits per heavy atom. The van der Waals surface area contributed by atoms with E-state index in [-0.39, 0.29) is 5.91 Å². The van der Waals surface area contributed by atoms with Crippen molar-refractivity contribution in [2.24, 2.45) is 0 Å². The number of amides is 1. The summed E-state index contributed by atoms with van der Waals surface area (Å²) in [4.78, 5) is 25.1. The van der Waals surface area contributed by atoms with Gasteiger partial charge < -0.3 is 10.0 Å². The van der Waals surface area contributed by atoms with Crippen LogP contribution in [0.5, 0.6) is 0 Å². The Hall–Kier alpha value is -0.880. The second-order valence-electron chi connectivity index (χ2n) is 4.54. The van der Waals surface area contributed by atoms with Gasteiger partial charge in [-0.1, -0.05) is 15.9 Å². The molecule has 0 atom stereocenters. The second kappa shape index (κ2) is 6.05. The number of carbonyl (C=O) groups is 2. The molecule has 6 heteroatoms. The number of benzene rings is 1. The van der Waals surface area contributed by atoms with Crippen LogP contribution in [0.4, 0.5) is 0 Å². The lowest BCUT2D eigenvalue weighted by Gasteiger charge is -2.34. The van der Waals surface area contributed by atoms with E-state index >= 15 is 0 Å². The van der Waals surface area contributed by atoms with Crippen molar-refractivity contribution in [3.05, 3.63) is 32.7 Å². The summed E-state index contributed by atoms with van der Waals surface area (Å²) in [5.74, 6) is -1.34. The van der Waals surface area contributed by atoms with E-state index in [0.717, 1.165) is 4.47 Å². The number of aliphatic carboxylic acids is 1. The molecule has 0 aliphatic carbocycles. The van der Waals surface area contributed by atoms with Crippen LogP contribution in [-0.4, -0.2) is 34.0 Å². The first-order valence-corrected chi connectivity index (χ1v) is 7.30. The zero-order chi connectivity index (χ0) is 14.8. The van der Waals surface area contributed by atoms with Gasteiger partial charge in [0.15, 0.2) is 0 Å². The minimum Gasteiger partial charge on any atom is -0.480 e. The fraction of sp³-hybridized carbons (Fsp3) is 0.385. The van der Waals surface area contributed by atoms with Crippen LogP contribution in [0.2, 0.25) is 0 Å². The lowest BCUT2D eigenvalue weighted by Crippen LogP contribution is -2.53. The highest BCUT2D eigenvalue weighted by Crippen LogP contribution is 2.26. The van der Waals surface area contributed by atoms with Crippen LogP contribution in [0, 0.1) is 0 Å². The van der Waals surface area contributed by atoms with Crippen LogP contribution >= 0.6 is 31.9 Å². The molecule has 0 radical (unpaired) electrons. The first-order valence-electron chi connectivity index (χ1n) is 5.72. The summed E-state index contributed by atoms with van der Waals surface area (Å²) in [5, 5.41) is 9.24. The Labute approximate surface area is 129 Å². The maximum atomic E-state index is 12.5. The molecule has 1 N–H and O–H groups in total. The van der Waals surface area contributed by atoms with E-state index in [1.807, 2.05) is 0 Å². The average Bonchev–Trinajstić information content (AvgIpc) is 2.28. The Morgan fingerprint density at radius 2 is 1.89 bits per heavy atom. The van der Waals surface area contributed by atoms with Gasteiger partial charge in [0.1, 0.15) is 5.54 Å². The standard InChI is InChI=1S/C13H15Br2NO3/c1-4-16(13(2,3)12(18)19)11(17)9-6-5-8(14)7-10(9)15/h5-7H,4H2,1-3H3,(H,18,19). The van der Waals surface area contributed by atoms with Crippen LogP contribution in [0.1, 0.15) is 31.1 Å². The van der Waals surface area contributed by atoms with Gasteiger partial charge in [-0.05, 0) is 54.9 Å². The number of likely N-dealkylation sites (N-methyl/N-ethyl adjacent to an activating group) is 1. The van der Waals surface area contributed by atoms with Gasteiger partial charge in [0.05, 0.1) is 5.56 Å². The largest absolute Gasteiger partial charge is 0.480 e. The highest BCUT2D eigenvalue weighted by atomic mass is 79.9. The topological polar surface area (TPSA) is 57.6 Å². The molecule has 0 saturated heterocycles. The molecule has 4 nitrogen and oxygen atoms in total. The second-order valence-corrected chi connectivity index (χ2v) is 6.31. The maximum absolute atomic E-state index is 12.5. The van der Waals surface area contributed by atoms with E-state index in [1.165, 1.54) is 18.7 Å². The van der Waals surface area contributed by atoms with Crippen molar-refractivity contribution >= 4 is 43.7 Å². The predicted octanol–water partition coefficient (Wildman–Crippen LogP) is 3.54. The van der Waals surface area contributed by atoms with Crippen molar-refractivity contribution in [3.8, 4) is 0 Å². The minimum absolute atomic E-state index is 0.311. The van der Waals surface area contributed by atoms with Crippen LogP contribution in [-0.2, 0) is 4.79 Å². The molecular weight excluding hydrogens is 378 g/mol. The van der Waals surface area contributed by atoms with E-state index in [1.54, 1.807) is 25.1 Å². The van der Waals surface area contributed by atoms with Crippen molar-refractivity contribution in [3.63, 3.8) is 0 Å². The molecule has 0 bridgehead atoms. The van der Waals surface area contributed by atoms with Gasteiger partial charge in [-0.3, -0.25) is 4.79 Å². The molecule has 0 heterocycles. The predicted molar refractivity (Wildman–Crippen MR) is 80.3 cm³/mol. The normalized spacial score (nSPS) is 11.2. The van der Waals surface area contributed by atoms with Gasteiger partial charge in [0, 0.05) is 15.5 Å². The van der Waals surface area contributed by atoms with Gasteiger partial charge >= 0.3 is 5.97 Å². The Kier molecular flexibility index (Phi) is 5.15. The molecule has 0 aliphatic rings. The minimum atomic E-state index is -1.25. The summed E-state index contributed by atoms with van der Waals surface area (Å²) in [6.07, 6.45) is 0. The van der Waals surface area contributed by atoms with Gasteiger partial charge in [-0.25, -0.2) is 4.79 Å². The van der Waals surface area contributed by atoms with E-state index in [0.29, 0.717) is 16.6 Å². The van der Waals surface area contributed by atoms with Crippen molar-refractivity contribution in [2.45, 2.75) is 26.3 Å². The molecular formula is C13H15Br2NO3. The molecule has 1 amide bonds. The van der Waals surface area contributed by atoms with E-state index in [4.69, 9.17) is 0 Å². The smallest absolute Gasteiger partial charge is 0.329 e. The van der Waals surface area contributed by atoms with Crippen molar-refractivity contribution < 1.29 is 14.7 Å². The molecule has 0 aliphatic heterocycles. The summed E-state index contributed by atoms with van der Waals surface area (Å²) < 4.78 is 1.47. The van der Waals surface area contributed by atoms with Crippen LogP contribution in [0.15, 0.2) is 27.1 Å². The van der Waals surface area contributed by atoms with Gasteiger partial charge in [-0.15, -0.1) is 0 Å². The summed E-state index contributed by atoms with van der Waals surface area (Å²) in [6, 6.07) is 5.17. The highest BCUT2D eigenvalue weighted by Gasteiger charge is 2.37. The monoisotopic (exact) mass is 391 g/mol. The number of halogens is 2. The van der Waals surface area contributed by atoms with Crippen molar-refractivity contribution in [1.29, 1.82) is 0 Å². The Bertz CT molecular complexity index is 515. The third-order valence-corrected chi connectivity index (χ3v) is 4.07. The van der Waals surface area contributed by atoms with E-state index in [9.17, 15) is 14.7 Å². The fourth-order valence-corrected chi connectivity index (χ4v) is 2.93.